The molecule has 8 atom stereocenters. The lowest BCUT2D eigenvalue weighted by Gasteiger charge is -2.59. The minimum Gasteiger partial charge on any atom is -0.411 e. The summed E-state index contributed by atoms with van der Waals surface area (Å²) >= 11 is 0. The van der Waals surface area contributed by atoms with Gasteiger partial charge in [0.15, 0.2) is 0 Å². The first-order valence-corrected chi connectivity index (χ1v) is 12.1. The average Bonchev–Trinajstić information content (AvgIpc) is 3.30. The van der Waals surface area contributed by atoms with Crippen molar-refractivity contribution in [3.8, 4) is 0 Å². The van der Waals surface area contributed by atoms with E-state index in [0.29, 0.717) is 17.3 Å². The highest BCUT2D eigenvalue weighted by Gasteiger charge is 2.59. The molecule has 0 spiro atoms. The maximum atomic E-state index is 9.96. The summed E-state index contributed by atoms with van der Waals surface area (Å²) in [6.45, 7) is 5.02. The van der Waals surface area contributed by atoms with Crippen LogP contribution in [0.3, 0.4) is 0 Å². The second kappa shape index (κ2) is 7.25. The fourth-order valence-electron chi connectivity index (χ4n) is 8.29. The van der Waals surface area contributed by atoms with Gasteiger partial charge in [0.25, 0.3) is 0 Å². The normalized spacial score (nSPS) is 52.2. The van der Waals surface area contributed by atoms with Gasteiger partial charge >= 0.3 is 0 Å². The molecule has 5 heteroatoms. The zero-order valence-corrected chi connectivity index (χ0v) is 18.3. The van der Waals surface area contributed by atoms with Crippen LogP contribution in [-0.2, 0) is 4.84 Å². The zero-order chi connectivity index (χ0) is 20.2. The Hall–Kier alpha value is -1.10. The highest BCUT2D eigenvalue weighted by molar-refractivity contribution is 5.95. The van der Waals surface area contributed by atoms with Crippen molar-refractivity contribution in [1.29, 1.82) is 0 Å². The van der Waals surface area contributed by atoms with Gasteiger partial charge in [0, 0.05) is 12.0 Å². The van der Waals surface area contributed by atoms with Crippen molar-refractivity contribution in [2.75, 3.05) is 0 Å². The van der Waals surface area contributed by atoms with Gasteiger partial charge in [-0.3, -0.25) is 0 Å². The summed E-state index contributed by atoms with van der Waals surface area (Å²) in [5.41, 5.74) is 9.09. The molecular formula is C24H39N3O2. The van der Waals surface area contributed by atoms with Crippen LogP contribution in [0.25, 0.3) is 0 Å². The topological polar surface area (TPSA) is 80.2 Å². The molecule has 5 rings (SSSR count). The smallest absolute Gasteiger partial charge is 0.142 e. The highest BCUT2D eigenvalue weighted by atomic mass is 16.6. The van der Waals surface area contributed by atoms with E-state index in [1.807, 2.05) is 0 Å². The molecule has 0 aromatic rings. The Balaban J connectivity index is 1.36. The third-order valence-electron chi connectivity index (χ3n) is 10.0. The van der Waals surface area contributed by atoms with Gasteiger partial charge in [-0.05, 0) is 99.2 Å². The van der Waals surface area contributed by atoms with Gasteiger partial charge in [-0.1, -0.05) is 30.6 Å². The van der Waals surface area contributed by atoms with Crippen LogP contribution in [-0.4, -0.2) is 28.8 Å². The van der Waals surface area contributed by atoms with Crippen molar-refractivity contribution in [3.05, 3.63) is 0 Å². The number of hydrogen-bond donors (Lipinski definition) is 2. The quantitative estimate of drug-likeness (QED) is 0.498. The Kier molecular flexibility index (Phi) is 4.96. The van der Waals surface area contributed by atoms with Crippen LogP contribution in [0.1, 0.15) is 90.9 Å². The average molecular weight is 402 g/mol. The Bertz CT molecular complexity index is 706. The van der Waals surface area contributed by atoms with Crippen molar-refractivity contribution < 1.29 is 10.0 Å². The number of fused-ring (bicyclic) bond motifs is 5. The summed E-state index contributed by atoms with van der Waals surface area (Å²) < 4.78 is 0. The summed E-state index contributed by atoms with van der Waals surface area (Å²) in [5, 5.41) is 18.4. The highest BCUT2D eigenvalue weighted by Crippen LogP contribution is 2.65. The van der Waals surface area contributed by atoms with E-state index in [1.165, 1.54) is 32.1 Å². The number of rotatable bonds is 2. The first-order valence-electron chi connectivity index (χ1n) is 12.1. The van der Waals surface area contributed by atoms with Gasteiger partial charge in [0.1, 0.15) is 6.10 Å². The van der Waals surface area contributed by atoms with E-state index in [1.54, 1.807) is 0 Å². The van der Waals surface area contributed by atoms with Crippen molar-refractivity contribution in [2.24, 2.45) is 50.5 Å². The maximum Gasteiger partial charge on any atom is 0.142 e. The largest absolute Gasteiger partial charge is 0.411 e. The maximum absolute atomic E-state index is 9.96. The molecule has 5 saturated carbocycles. The lowest BCUT2D eigenvalue weighted by molar-refractivity contribution is -0.0555. The molecule has 0 heterocycles. The molecule has 0 saturated heterocycles. The molecule has 3 N–H and O–H groups in total. The van der Waals surface area contributed by atoms with Gasteiger partial charge in [0.2, 0.25) is 0 Å². The third-order valence-corrected chi connectivity index (χ3v) is 10.0. The molecule has 0 radical (unpaired) electrons. The van der Waals surface area contributed by atoms with Crippen molar-refractivity contribution in [1.82, 2.24) is 0 Å². The first-order chi connectivity index (χ1) is 13.9. The summed E-state index contributed by atoms with van der Waals surface area (Å²) in [6, 6.07) is 0.126. The van der Waals surface area contributed by atoms with E-state index >= 15 is 0 Å². The van der Waals surface area contributed by atoms with Gasteiger partial charge < -0.3 is 15.8 Å². The van der Waals surface area contributed by atoms with Crippen LogP contribution >= 0.6 is 0 Å². The van der Waals surface area contributed by atoms with E-state index < -0.39 is 0 Å². The molecule has 5 aliphatic rings. The third kappa shape index (κ3) is 3.14. The fourth-order valence-corrected chi connectivity index (χ4v) is 8.29. The van der Waals surface area contributed by atoms with Crippen LogP contribution in [0.15, 0.2) is 10.3 Å². The Morgan fingerprint density at radius 3 is 2.62 bits per heavy atom. The lowest BCUT2D eigenvalue weighted by atomic mass is 9.45. The van der Waals surface area contributed by atoms with E-state index in [0.717, 1.165) is 68.2 Å². The van der Waals surface area contributed by atoms with Gasteiger partial charge in [-0.2, -0.15) is 0 Å². The Morgan fingerprint density at radius 2 is 1.86 bits per heavy atom. The van der Waals surface area contributed by atoms with E-state index in [-0.39, 0.29) is 17.6 Å². The zero-order valence-electron chi connectivity index (χ0n) is 18.3. The molecule has 5 aliphatic carbocycles. The predicted molar refractivity (Wildman–Crippen MR) is 115 cm³/mol. The lowest BCUT2D eigenvalue weighted by Crippen LogP contribution is -2.56. The van der Waals surface area contributed by atoms with Crippen LogP contribution in [0.4, 0.5) is 0 Å². The summed E-state index contributed by atoms with van der Waals surface area (Å²) in [6.07, 6.45) is 14.2. The fraction of sp³-hybridized carbons (Fsp3) is 0.917. The van der Waals surface area contributed by atoms with Crippen LogP contribution in [0, 0.1) is 34.5 Å². The number of nitrogens with two attached hydrogens (primary N) is 1. The van der Waals surface area contributed by atoms with Gasteiger partial charge in [-0.15, -0.1) is 0 Å². The molecule has 1 unspecified atom stereocenters. The molecule has 0 aliphatic heterocycles. The van der Waals surface area contributed by atoms with Gasteiger partial charge in [0.05, 0.1) is 11.4 Å². The first kappa shape index (κ1) is 19.8. The second-order valence-corrected chi connectivity index (χ2v) is 11.4. The standard InChI is InChI=1S/C24H39N3O2/c1-23-10-4-5-17(23)16-14-21(26-28)19-13-15(27-29-22-7-3-6-20(22)25)8-12-24(19,2)18(16)9-11-23/h16-20,22,28H,3-14,25H2,1-2H3/b26-21+,27-15?/t16-,17-,18-,19?,20+,22+,23-,24+/m0/s1. The van der Waals surface area contributed by atoms with Crippen LogP contribution in [0.2, 0.25) is 0 Å². The summed E-state index contributed by atoms with van der Waals surface area (Å²) in [7, 11) is 0. The minimum absolute atomic E-state index is 0.0796. The molecule has 5 fully saturated rings. The van der Waals surface area contributed by atoms with Crippen molar-refractivity contribution >= 4 is 11.4 Å². The summed E-state index contributed by atoms with van der Waals surface area (Å²) in [4.78, 5) is 5.87. The Labute approximate surface area is 175 Å². The van der Waals surface area contributed by atoms with Crippen molar-refractivity contribution in [3.63, 3.8) is 0 Å². The molecular weight excluding hydrogens is 362 g/mol. The van der Waals surface area contributed by atoms with Crippen LogP contribution in [0.5, 0.6) is 0 Å². The minimum atomic E-state index is 0.0796. The molecule has 29 heavy (non-hydrogen) atoms. The number of oxime groups is 2. The number of nitrogens with zero attached hydrogens (tertiary/aromatic N) is 2. The van der Waals surface area contributed by atoms with E-state index in [4.69, 9.17) is 10.6 Å². The second-order valence-electron chi connectivity index (χ2n) is 11.4. The summed E-state index contributed by atoms with van der Waals surface area (Å²) in [5.74, 6) is 2.60. The van der Waals surface area contributed by atoms with Crippen molar-refractivity contribution in [2.45, 2.75) is 103 Å². The molecule has 0 bridgehead atoms. The number of hydrogen-bond acceptors (Lipinski definition) is 5. The Morgan fingerprint density at radius 1 is 1.00 bits per heavy atom. The van der Waals surface area contributed by atoms with Gasteiger partial charge in [-0.25, -0.2) is 0 Å². The molecule has 0 aromatic carbocycles. The molecule has 5 nitrogen and oxygen atoms in total. The van der Waals surface area contributed by atoms with Crippen LogP contribution < -0.4 is 5.73 Å². The SMILES string of the molecule is C[C@@]12CCC[C@H]1[C@@H]1C/C(=N\O)C3CC(=NO[C@@H]4CCC[C@H]4N)CC[C@]3(C)[C@H]1CC2. The monoisotopic (exact) mass is 401 g/mol. The molecule has 0 aromatic heterocycles. The predicted octanol–water partition coefficient (Wildman–Crippen LogP) is 5.11. The molecule has 162 valence electrons. The van der Waals surface area contributed by atoms with E-state index in [2.05, 4.69) is 24.2 Å². The van der Waals surface area contributed by atoms with E-state index in [9.17, 15) is 5.21 Å². The molecule has 0 amide bonds.